The predicted molar refractivity (Wildman–Crippen MR) is 105 cm³/mol. The molecule has 8 nitrogen and oxygen atoms in total. The highest BCUT2D eigenvalue weighted by molar-refractivity contribution is 6.11. The Balaban J connectivity index is 1.62. The molecular formula is C19H19FN6O2. The normalized spacial score (nSPS) is 16.4. The van der Waals surface area contributed by atoms with E-state index in [0.29, 0.717) is 5.69 Å². The van der Waals surface area contributed by atoms with Gasteiger partial charge >= 0.3 is 0 Å². The molecule has 0 aliphatic carbocycles. The summed E-state index contributed by atoms with van der Waals surface area (Å²) < 4.78 is 13.2. The fourth-order valence-corrected chi connectivity index (χ4v) is 2.57. The number of nitrogens with one attached hydrogen (secondary N) is 3. The molecule has 0 spiro atoms. The van der Waals surface area contributed by atoms with Gasteiger partial charge in [0.1, 0.15) is 11.9 Å². The van der Waals surface area contributed by atoms with E-state index in [1.165, 1.54) is 18.2 Å². The number of aliphatic imine (C=N–C) groups is 2. The van der Waals surface area contributed by atoms with Gasteiger partial charge in [0.2, 0.25) is 17.8 Å². The van der Waals surface area contributed by atoms with Crippen LogP contribution >= 0.6 is 0 Å². The maximum Gasteiger partial charge on any atom is 0.252 e. The second kappa shape index (κ2) is 8.30. The molecular weight excluding hydrogens is 363 g/mol. The number of guanidine groups is 2. The summed E-state index contributed by atoms with van der Waals surface area (Å²) in [6, 6.07) is 12.0. The molecule has 2 amide bonds. The summed E-state index contributed by atoms with van der Waals surface area (Å²) in [5.74, 6) is -1.32. The lowest BCUT2D eigenvalue weighted by Gasteiger charge is -2.07. The van der Waals surface area contributed by atoms with Crippen molar-refractivity contribution in [3.05, 3.63) is 59.9 Å². The van der Waals surface area contributed by atoms with Crippen molar-refractivity contribution in [1.82, 2.24) is 5.32 Å². The molecule has 5 N–H and O–H groups in total. The molecule has 1 heterocycles. The fourth-order valence-electron chi connectivity index (χ4n) is 2.57. The number of aryl methyl sites for hydroxylation is 1. The summed E-state index contributed by atoms with van der Waals surface area (Å²) in [7, 11) is 0. The highest BCUT2D eigenvalue weighted by Gasteiger charge is 2.28. The Morgan fingerprint density at radius 3 is 2.79 bits per heavy atom. The zero-order valence-corrected chi connectivity index (χ0v) is 15.1. The molecule has 1 aliphatic heterocycles. The molecule has 0 fully saturated rings. The lowest BCUT2D eigenvalue weighted by molar-refractivity contribution is -0.123. The van der Waals surface area contributed by atoms with E-state index in [9.17, 15) is 14.0 Å². The molecule has 3 rings (SSSR count). The zero-order chi connectivity index (χ0) is 20.1. The van der Waals surface area contributed by atoms with Crippen molar-refractivity contribution < 1.29 is 14.0 Å². The van der Waals surface area contributed by atoms with Gasteiger partial charge < -0.3 is 16.4 Å². The van der Waals surface area contributed by atoms with E-state index in [1.807, 2.05) is 31.2 Å². The minimum absolute atomic E-state index is 0.0205. The highest BCUT2D eigenvalue weighted by atomic mass is 19.1. The Morgan fingerprint density at radius 2 is 2.04 bits per heavy atom. The minimum atomic E-state index is -0.932. The van der Waals surface area contributed by atoms with E-state index in [2.05, 4.69) is 25.9 Å². The highest BCUT2D eigenvalue weighted by Crippen LogP contribution is 2.14. The number of rotatable bonds is 4. The van der Waals surface area contributed by atoms with E-state index in [0.717, 1.165) is 11.3 Å². The zero-order valence-electron chi connectivity index (χ0n) is 15.1. The molecule has 144 valence electrons. The van der Waals surface area contributed by atoms with Crippen LogP contribution in [0, 0.1) is 12.7 Å². The molecule has 1 unspecified atom stereocenters. The summed E-state index contributed by atoms with van der Waals surface area (Å²) in [4.78, 5) is 32.2. The molecule has 0 saturated carbocycles. The number of para-hydroxylation sites is 1. The molecule has 1 atom stereocenters. The maximum absolute atomic E-state index is 13.2. The monoisotopic (exact) mass is 382 g/mol. The van der Waals surface area contributed by atoms with Gasteiger partial charge in [-0.05, 0) is 36.8 Å². The van der Waals surface area contributed by atoms with E-state index >= 15 is 0 Å². The van der Waals surface area contributed by atoms with Gasteiger partial charge in [-0.2, -0.15) is 4.99 Å². The van der Waals surface area contributed by atoms with Crippen LogP contribution in [0.15, 0.2) is 58.5 Å². The van der Waals surface area contributed by atoms with Gasteiger partial charge in [0.05, 0.1) is 6.42 Å². The third-order valence-corrected chi connectivity index (χ3v) is 3.94. The molecule has 0 saturated heterocycles. The lowest BCUT2D eigenvalue weighted by atomic mass is 10.2. The number of benzene rings is 2. The Bertz CT molecular complexity index is 972. The SMILES string of the molecule is Cc1ccccc1N/C(N)=N/C1=NC(CC(=O)Nc2cccc(F)c2)C(=O)N1. The molecule has 2 aromatic rings. The van der Waals surface area contributed by atoms with Gasteiger partial charge in [0, 0.05) is 11.4 Å². The predicted octanol–water partition coefficient (Wildman–Crippen LogP) is 1.74. The van der Waals surface area contributed by atoms with Crippen molar-refractivity contribution in [3.63, 3.8) is 0 Å². The number of anilines is 2. The van der Waals surface area contributed by atoms with Crippen molar-refractivity contribution in [2.45, 2.75) is 19.4 Å². The molecule has 0 radical (unpaired) electrons. The standard InChI is InChI=1S/C19H19FN6O2/c1-11-5-2-3-8-14(11)23-18(21)26-19-24-15(17(28)25-19)10-16(27)22-13-7-4-6-12(20)9-13/h2-9,15H,10H2,1H3,(H,22,27)(H4,21,23,24,25,26,28). The Labute approximate surface area is 160 Å². The van der Waals surface area contributed by atoms with Gasteiger partial charge in [0.15, 0.2) is 0 Å². The first-order chi connectivity index (χ1) is 13.4. The quantitative estimate of drug-likeness (QED) is 0.475. The molecule has 2 aromatic carbocycles. The number of carbonyl (C=O) groups is 2. The number of amides is 2. The number of nitrogens with two attached hydrogens (primary N) is 1. The largest absolute Gasteiger partial charge is 0.369 e. The van der Waals surface area contributed by atoms with Crippen LogP contribution in [-0.4, -0.2) is 29.8 Å². The van der Waals surface area contributed by atoms with Crippen LogP contribution in [0.25, 0.3) is 0 Å². The summed E-state index contributed by atoms with van der Waals surface area (Å²) in [6.07, 6.45) is -0.202. The van der Waals surface area contributed by atoms with E-state index < -0.39 is 23.7 Å². The van der Waals surface area contributed by atoms with Gasteiger partial charge in [-0.15, -0.1) is 0 Å². The second-order valence-corrected chi connectivity index (χ2v) is 6.16. The first-order valence-electron chi connectivity index (χ1n) is 8.51. The van der Waals surface area contributed by atoms with Crippen molar-refractivity contribution in [2.75, 3.05) is 10.6 Å². The van der Waals surface area contributed by atoms with E-state index in [4.69, 9.17) is 5.73 Å². The number of hydrogen-bond acceptors (Lipinski definition) is 4. The number of carbonyl (C=O) groups excluding carboxylic acids is 2. The first kappa shape index (κ1) is 19.0. The summed E-state index contributed by atoms with van der Waals surface area (Å²) >= 11 is 0. The summed E-state index contributed by atoms with van der Waals surface area (Å²) in [6.45, 7) is 1.91. The van der Waals surface area contributed by atoms with Crippen LogP contribution in [0.4, 0.5) is 15.8 Å². The Morgan fingerprint density at radius 1 is 1.25 bits per heavy atom. The molecule has 9 heteroatoms. The number of halogens is 1. The fraction of sp³-hybridized carbons (Fsp3) is 0.158. The average Bonchev–Trinajstić information content (AvgIpc) is 2.95. The second-order valence-electron chi connectivity index (χ2n) is 6.16. The third-order valence-electron chi connectivity index (χ3n) is 3.94. The topological polar surface area (TPSA) is 121 Å². The van der Waals surface area contributed by atoms with Crippen molar-refractivity contribution in [1.29, 1.82) is 0 Å². The Kier molecular flexibility index (Phi) is 5.64. The smallest absolute Gasteiger partial charge is 0.252 e. The summed E-state index contributed by atoms with van der Waals surface area (Å²) in [5.41, 5.74) is 7.91. The first-order valence-corrected chi connectivity index (χ1v) is 8.51. The molecule has 28 heavy (non-hydrogen) atoms. The van der Waals surface area contributed by atoms with Crippen molar-refractivity contribution in [3.8, 4) is 0 Å². The van der Waals surface area contributed by atoms with Gasteiger partial charge in [0.25, 0.3) is 5.91 Å². The molecule has 1 aliphatic rings. The maximum atomic E-state index is 13.2. The minimum Gasteiger partial charge on any atom is -0.369 e. The van der Waals surface area contributed by atoms with Gasteiger partial charge in [-0.25, -0.2) is 9.38 Å². The molecule has 0 bridgehead atoms. The van der Waals surface area contributed by atoms with Crippen LogP contribution in [-0.2, 0) is 9.59 Å². The van der Waals surface area contributed by atoms with Crippen molar-refractivity contribution >= 4 is 35.1 Å². The Hall–Kier alpha value is -3.75. The van der Waals surface area contributed by atoms with Gasteiger partial charge in [-0.3, -0.25) is 14.9 Å². The van der Waals surface area contributed by atoms with Gasteiger partial charge in [-0.1, -0.05) is 24.3 Å². The van der Waals surface area contributed by atoms with E-state index in [1.54, 1.807) is 6.07 Å². The molecule has 0 aromatic heterocycles. The van der Waals surface area contributed by atoms with Crippen LogP contribution < -0.4 is 21.7 Å². The summed E-state index contributed by atoms with van der Waals surface area (Å²) in [5, 5.41) is 7.93. The van der Waals surface area contributed by atoms with Crippen molar-refractivity contribution in [2.24, 2.45) is 15.7 Å². The van der Waals surface area contributed by atoms with E-state index in [-0.39, 0.29) is 18.3 Å². The average molecular weight is 382 g/mol. The van der Waals surface area contributed by atoms with Crippen LogP contribution in [0.1, 0.15) is 12.0 Å². The third kappa shape index (κ3) is 4.91. The van der Waals surface area contributed by atoms with Crippen LogP contribution in [0.3, 0.4) is 0 Å². The van der Waals surface area contributed by atoms with Crippen LogP contribution in [0.2, 0.25) is 0 Å². The lowest BCUT2D eigenvalue weighted by Crippen LogP contribution is -2.32. The number of nitrogens with zero attached hydrogens (tertiary/aromatic N) is 2. The van der Waals surface area contributed by atoms with Crippen LogP contribution in [0.5, 0.6) is 0 Å². The number of hydrogen-bond donors (Lipinski definition) is 4.